The van der Waals surface area contributed by atoms with Crippen LogP contribution < -0.4 is 0 Å². The maximum Gasteiger partial charge on any atom is 0.219 e. The second-order valence-corrected chi connectivity index (χ2v) is 9.87. The number of amides is 1. The molecule has 3 aromatic heterocycles. The molecule has 0 bridgehead atoms. The SMILES string of the molecule is CC(=O)N1CC(c2ccc(-c3cnc4ccn5c(C)c(-c6c(Cl)cccc6Cl)nc5c4c3)cc2)C1. The molecule has 1 fully saturated rings. The van der Waals surface area contributed by atoms with Crippen LogP contribution in [0, 0.1) is 6.92 Å². The molecule has 6 rings (SSSR count). The number of aromatic nitrogens is 3. The Balaban J connectivity index is 1.40. The Morgan fingerprint density at radius 1 is 1.00 bits per heavy atom. The van der Waals surface area contributed by atoms with Gasteiger partial charge < -0.3 is 9.30 Å². The van der Waals surface area contributed by atoms with Crippen molar-refractivity contribution < 1.29 is 4.79 Å². The largest absolute Gasteiger partial charge is 0.342 e. The smallest absolute Gasteiger partial charge is 0.219 e. The van der Waals surface area contributed by atoms with Crippen molar-refractivity contribution in [1.82, 2.24) is 19.3 Å². The normalized spacial score (nSPS) is 14.0. The van der Waals surface area contributed by atoms with Gasteiger partial charge in [0, 0.05) is 60.5 Å². The fourth-order valence-corrected chi connectivity index (χ4v) is 5.41. The fraction of sp³-hybridized carbons (Fsp3) is 0.179. The van der Waals surface area contributed by atoms with E-state index in [1.165, 1.54) is 5.56 Å². The van der Waals surface area contributed by atoms with Crippen LogP contribution in [0.3, 0.4) is 0 Å². The van der Waals surface area contributed by atoms with Crippen molar-refractivity contribution >= 4 is 45.7 Å². The van der Waals surface area contributed by atoms with E-state index < -0.39 is 0 Å². The molecule has 0 N–H and O–H groups in total. The summed E-state index contributed by atoms with van der Waals surface area (Å²) in [5, 5.41) is 2.11. The van der Waals surface area contributed by atoms with Crippen molar-refractivity contribution in [3.05, 3.63) is 88.3 Å². The van der Waals surface area contributed by atoms with E-state index in [1.807, 2.05) is 48.5 Å². The lowest BCUT2D eigenvalue weighted by Gasteiger charge is -2.39. The summed E-state index contributed by atoms with van der Waals surface area (Å²) in [5.41, 5.74) is 7.53. The summed E-state index contributed by atoms with van der Waals surface area (Å²) in [7, 11) is 0. The van der Waals surface area contributed by atoms with Gasteiger partial charge >= 0.3 is 0 Å². The van der Waals surface area contributed by atoms with Gasteiger partial charge in [0.2, 0.25) is 5.91 Å². The number of benzene rings is 2. The van der Waals surface area contributed by atoms with E-state index in [9.17, 15) is 4.79 Å². The molecule has 1 amide bonds. The number of carbonyl (C=O) groups excluding carboxylic acids is 1. The van der Waals surface area contributed by atoms with Crippen molar-refractivity contribution in [3.63, 3.8) is 0 Å². The van der Waals surface area contributed by atoms with Crippen LogP contribution in [-0.2, 0) is 4.79 Å². The third kappa shape index (κ3) is 3.67. The van der Waals surface area contributed by atoms with E-state index >= 15 is 0 Å². The highest BCUT2D eigenvalue weighted by molar-refractivity contribution is 6.39. The molecule has 0 aliphatic carbocycles. The van der Waals surface area contributed by atoms with Gasteiger partial charge in [-0.25, -0.2) is 4.98 Å². The number of carbonyl (C=O) groups is 1. The average Bonchev–Trinajstić information content (AvgIpc) is 3.14. The number of likely N-dealkylation sites (tertiary alicyclic amines) is 1. The van der Waals surface area contributed by atoms with Crippen LogP contribution in [0.2, 0.25) is 10.0 Å². The first-order chi connectivity index (χ1) is 16.9. The maximum absolute atomic E-state index is 11.5. The summed E-state index contributed by atoms with van der Waals surface area (Å²) in [5.74, 6) is 0.547. The number of rotatable bonds is 3. The first-order valence-corrected chi connectivity index (χ1v) is 12.2. The van der Waals surface area contributed by atoms with Crippen molar-refractivity contribution in [2.45, 2.75) is 19.8 Å². The molecule has 4 heterocycles. The zero-order valence-electron chi connectivity index (χ0n) is 19.3. The first-order valence-electron chi connectivity index (χ1n) is 11.5. The van der Waals surface area contributed by atoms with Gasteiger partial charge in [-0.15, -0.1) is 0 Å². The summed E-state index contributed by atoms with van der Waals surface area (Å²) in [6.45, 7) is 5.23. The Morgan fingerprint density at radius 3 is 2.40 bits per heavy atom. The molecule has 1 saturated heterocycles. The second-order valence-electron chi connectivity index (χ2n) is 9.05. The van der Waals surface area contributed by atoms with Gasteiger partial charge in [0.15, 0.2) is 0 Å². The van der Waals surface area contributed by atoms with Gasteiger partial charge in [-0.2, -0.15) is 0 Å². The van der Waals surface area contributed by atoms with E-state index in [-0.39, 0.29) is 5.91 Å². The molecule has 5 nitrogen and oxygen atoms in total. The number of hydrogen-bond acceptors (Lipinski definition) is 3. The summed E-state index contributed by atoms with van der Waals surface area (Å²) in [6.07, 6.45) is 3.88. The molecule has 0 saturated carbocycles. The summed E-state index contributed by atoms with van der Waals surface area (Å²) >= 11 is 13.0. The molecule has 174 valence electrons. The quantitative estimate of drug-likeness (QED) is 0.274. The molecule has 0 spiro atoms. The molecule has 0 atom stereocenters. The van der Waals surface area contributed by atoms with E-state index in [4.69, 9.17) is 33.2 Å². The van der Waals surface area contributed by atoms with Gasteiger partial charge in [-0.1, -0.05) is 53.5 Å². The Bertz CT molecular complexity index is 1600. The number of nitrogens with zero attached hydrogens (tertiary/aromatic N) is 4. The fourth-order valence-electron chi connectivity index (χ4n) is 4.83. The van der Waals surface area contributed by atoms with Crippen LogP contribution in [0.5, 0.6) is 0 Å². The molecule has 1 aliphatic rings. The highest BCUT2D eigenvalue weighted by Gasteiger charge is 2.29. The topological polar surface area (TPSA) is 50.5 Å². The standard InChI is InChI=1S/C28H22Cl2N4O/c1-16-27(26-23(29)4-3-5-24(26)30)32-28-22-12-20(13-31-25(22)10-11-34(16)28)18-6-8-19(9-7-18)21-14-33(15-21)17(2)35/h3-13,21H,14-15H2,1-2H3. The van der Waals surface area contributed by atoms with Crippen molar-refractivity contribution in [2.75, 3.05) is 13.1 Å². The molecular weight excluding hydrogens is 479 g/mol. The van der Waals surface area contributed by atoms with Crippen LogP contribution in [0.15, 0.2) is 67.0 Å². The first kappa shape index (κ1) is 22.1. The number of imidazole rings is 1. The van der Waals surface area contributed by atoms with Gasteiger partial charge in [0.25, 0.3) is 0 Å². The van der Waals surface area contributed by atoms with E-state index in [0.717, 1.165) is 57.7 Å². The molecule has 0 radical (unpaired) electrons. The van der Waals surface area contributed by atoms with Gasteiger partial charge in [-0.05, 0) is 42.3 Å². The van der Waals surface area contributed by atoms with E-state index in [0.29, 0.717) is 16.0 Å². The number of hydrogen-bond donors (Lipinski definition) is 0. The van der Waals surface area contributed by atoms with Crippen LogP contribution in [0.4, 0.5) is 0 Å². The van der Waals surface area contributed by atoms with Crippen molar-refractivity contribution in [2.24, 2.45) is 0 Å². The zero-order valence-corrected chi connectivity index (χ0v) is 20.8. The zero-order chi connectivity index (χ0) is 24.3. The summed E-state index contributed by atoms with van der Waals surface area (Å²) < 4.78 is 2.06. The Labute approximate surface area is 212 Å². The van der Waals surface area contributed by atoms with Crippen LogP contribution in [0.1, 0.15) is 24.1 Å². The van der Waals surface area contributed by atoms with Crippen LogP contribution in [0.25, 0.3) is 38.9 Å². The maximum atomic E-state index is 11.5. The predicted octanol–water partition coefficient (Wildman–Crippen LogP) is 6.78. The van der Waals surface area contributed by atoms with Crippen molar-refractivity contribution in [1.29, 1.82) is 0 Å². The minimum Gasteiger partial charge on any atom is -0.342 e. The summed E-state index contributed by atoms with van der Waals surface area (Å²) in [6, 6.07) is 18.2. The lowest BCUT2D eigenvalue weighted by Crippen LogP contribution is -2.47. The average molecular weight is 501 g/mol. The molecule has 5 aromatic rings. The second kappa shape index (κ2) is 8.36. The van der Waals surface area contributed by atoms with Gasteiger partial charge in [0.05, 0.1) is 21.3 Å². The third-order valence-electron chi connectivity index (χ3n) is 6.93. The molecule has 2 aromatic carbocycles. The predicted molar refractivity (Wildman–Crippen MR) is 141 cm³/mol. The number of aryl methyl sites for hydroxylation is 1. The highest BCUT2D eigenvalue weighted by Crippen LogP contribution is 2.37. The Kier molecular flexibility index (Phi) is 5.28. The summed E-state index contributed by atoms with van der Waals surface area (Å²) in [4.78, 5) is 23.0. The number of pyridine rings is 2. The number of halogens is 2. The molecule has 1 aliphatic heterocycles. The lowest BCUT2D eigenvalue weighted by molar-refractivity contribution is -0.133. The Morgan fingerprint density at radius 2 is 1.71 bits per heavy atom. The molecule has 7 heteroatoms. The molecular formula is C28H22Cl2N4O. The lowest BCUT2D eigenvalue weighted by atomic mass is 9.90. The molecule has 35 heavy (non-hydrogen) atoms. The van der Waals surface area contributed by atoms with Crippen LogP contribution >= 0.6 is 23.2 Å². The van der Waals surface area contributed by atoms with Crippen LogP contribution in [-0.4, -0.2) is 38.3 Å². The third-order valence-corrected chi connectivity index (χ3v) is 7.56. The highest BCUT2D eigenvalue weighted by atomic mass is 35.5. The van der Waals surface area contributed by atoms with Crippen molar-refractivity contribution in [3.8, 4) is 22.4 Å². The minimum absolute atomic E-state index is 0.139. The van der Waals surface area contributed by atoms with E-state index in [1.54, 1.807) is 6.92 Å². The molecule has 0 unspecified atom stereocenters. The monoisotopic (exact) mass is 500 g/mol. The minimum atomic E-state index is 0.139. The number of fused-ring (bicyclic) bond motifs is 3. The Hall–Kier alpha value is -3.41. The van der Waals surface area contributed by atoms with Gasteiger partial charge in [0.1, 0.15) is 5.65 Å². The van der Waals surface area contributed by atoms with E-state index in [2.05, 4.69) is 34.7 Å². The van der Waals surface area contributed by atoms with Gasteiger partial charge in [-0.3, -0.25) is 9.78 Å².